The first-order valence-corrected chi connectivity index (χ1v) is 6.59. The lowest BCUT2D eigenvalue weighted by Gasteiger charge is -2.21. The van der Waals surface area contributed by atoms with Crippen LogP contribution in [0.2, 0.25) is 0 Å². The molecule has 5 heteroatoms. The van der Waals surface area contributed by atoms with Crippen molar-refractivity contribution in [2.45, 2.75) is 31.7 Å². The maximum Gasteiger partial charge on any atom is 0.257 e. The summed E-state index contributed by atoms with van der Waals surface area (Å²) in [5.74, 6) is 0.186. The lowest BCUT2D eigenvalue weighted by atomic mass is 9.92. The second-order valence-electron chi connectivity index (χ2n) is 5.02. The van der Waals surface area contributed by atoms with Crippen LogP contribution < -0.4 is 10.6 Å². The fourth-order valence-corrected chi connectivity index (χ4v) is 2.82. The minimum atomic E-state index is -0.754. The highest BCUT2D eigenvalue weighted by Gasteiger charge is 2.50. The monoisotopic (exact) mass is 261 g/mol. The molecule has 100 valence electrons. The van der Waals surface area contributed by atoms with Gasteiger partial charge in [-0.25, -0.2) is 4.39 Å². The van der Waals surface area contributed by atoms with Gasteiger partial charge in [0.1, 0.15) is 11.4 Å². The van der Waals surface area contributed by atoms with Crippen LogP contribution in [-0.2, 0) is 16.8 Å². The Labute approximate surface area is 111 Å². The summed E-state index contributed by atoms with van der Waals surface area (Å²) in [5, 5.41) is 5.98. The summed E-state index contributed by atoms with van der Waals surface area (Å²) in [6.45, 7) is 2.71. The van der Waals surface area contributed by atoms with Gasteiger partial charge < -0.3 is 5.32 Å². The van der Waals surface area contributed by atoms with E-state index < -0.39 is 5.54 Å². The van der Waals surface area contributed by atoms with Gasteiger partial charge in [0.15, 0.2) is 5.96 Å². The maximum atomic E-state index is 13.2. The SMILES string of the molecule is CCCN=C1NC(=O)C2(CCc3cc(F)ccc32)N1. The van der Waals surface area contributed by atoms with E-state index in [1.165, 1.54) is 12.1 Å². The normalized spacial score (nSPS) is 26.6. The van der Waals surface area contributed by atoms with Crippen LogP contribution >= 0.6 is 0 Å². The van der Waals surface area contributed by atoms with Gasteiger partial charge in [0.25, 0.3) is 5.91 Å². The van der Waals surface area contributed by atoms with Gasteiger partial charge in [0.2, 0.25) is 0 Å². The number of rotatable bonds is 2. The van der Waals surface area contributed by atoms with E-state index in [1.807, 2.05) is 6.92 Å². The molecule has 1 aliphatic carbocycles. The molecule has 3 rings (SSSR count). The largest absolute Gasteiger partial charge is 0.338 e. The Kier molecular flexibility index (Phi) is 2.77. The molecule has 0 aromatic heterocycles. The Morgan fingerprint density at radius 1 is 1.47 bits per heavy atom. The van der Waals surface area contributed by atoms with Crippen LogP contribution in [-0.4, -0.2) is 18.4 Å². The molecule has 1 aromatic carbocycles. The number of benzene rings is 1. The van der Waals surface area contributed by atoms with Crippen LogP contribution in [0.15, 0.2) is 23.2 Å². The highest BCUT2D eigenvalue weighted by atomic mass is 19.1. The van der Waals surface area contributed by atoms with Crippen molar-refractivity contribution >= 4 is 11.9 Å². The molecule has 2 N–H and O–H groups in total. The van der Waals surface area contributed by atoms with E-state index in [2.05, 4.69) is 15.6 Å². The number of hydrogen-bond acceptors (Lipinski definition) is 2. The fraction of sp³-hybridized carbons (Fsp3) is 0.429. The Hall–Kier alpha value is -1.91. The molecule has 0 radical (unpaired) electrons. The Morgan fingerprint density at radius 3 is 3.11 bits per heavy atom. The number of nitrogens with one attached hydrogen (secondary N) is 2. The number of nitrogens with zero attached hydrogens (tertiary/aromatic N) is 1. The average Bonchev–Trinajstić information content (AvgIpc) is 2.90. The number of carbonyl (C=O) groups excluding carboxylic acids is 1. The van der Waals surface area contributed by atoms with E-state index in [-0.39, 0.29) is 11.7 Å². The number of amides is 1. The van der Waals surface area contributed by atoms with Crippen molar-refractivity contribution in [2.24, 2.45) is 4.99 Å². The predicted molar refractivity (Wildman–Crippen MR) is 70.3 cm³/mol. The predicted octanol–water partition coefficient (Wildman–Crippen LogP) is 1.45. The van der Waals surface area contributed by atoms with Crippen molar-refractivity contribution in [1.82, 2.24) is 10.6 Å². The van der Waals surface area contributed by atoms with Crippen molar-refractivity contribution in [3.05, 3.63) is 35.1 Å². The molecule has 0 bridgehead atoms. The summed E-state index contributed by atoms with van der Waals surface area (Å²) in [4.78, 5) is 16.6. The van der Waals surface area contributed by atoms with Gasteiger partial charge in [0.05, 0.1) is 0 Å². The Bertz CT molecular complexity index is 570. The third-order valence-corrected chi connectivity index (χ3v) is 3.74. The van der Waals surface area contributed by atoms with Crippen molar-refractivity contribution in [3.63, 3.8) is 0 Å². The summed E-state index contributed by atoms with van der Waals surface area (Å²) < 4.78 is 13.2. The quantitative estimate of drug-likeness (QED) is 0.846. The van der Waals surface area contributed by atoms with Crippen molar-refractivity contribution in [3.8, 4) is 0 Å². The van der Waals surface area contributed by atoms with E-state index in [0.29, 0.717) is 25.3 Å². The van der Waals surface area contributed by atoms with Crippen LogP contribution in [0.3, 0.4) is 0 Å². The molecule has 19 heavy (non-hydrogen) atoms. The van der Waals surface area contributed by atoms with Gasteiger partial charge in [-0.05, 0) is 42.5 Å². The third-order valence-electron chi connectivity index (χ3n) is 3.74. The molecule has 1 unspecified atom stereocenters. The number of carbonyl (C=O) groups is 1. The van der Waals surface area contributed by atoms with Gasteiger partial charge in [-0.3, -0.25) is 15.1 Å². The zero-order chi connectivity index (χ0) is 13.5. The molecule has 2 aliphatic rings. The lowest BCUT2D eigenvalue weighted by Crippen LogP contribution is -2.41. The molecule has 1 fully saturated rings. The average molecular weight is 261 g/mol. The zero-order valence-electron chi connectivity index (χ0n) is 10.8. The number of aryl methyl sites for hydroxylation is 1. The first-order chi connectivity index (χ1) is 9.15. The van der Waals surface area contributed by atoms with Gasteiger partial charge in [-0.1, -0.05) is 13.0 Å². The Morgan fingerprint density at radius 2 is 2.32 bits per heavy atom. The zero-order valence-corrected chi connectivity index (χ0v) is 10.8. The smallest absolute Gasteiger partial charge is 0.257 e. The summed E-state index contributed by atoms with van der Waals surface area (Å²) in [6.07, 6.45) is 2.27. The molecule has 1 heterocycles. The molecule has 1 spiro atoms. The van der Waals surface area contributed by atoms with E-state index in [4.69, 9.17) is 0 Å². The molecule has 1 saturated heterocycles. The number of halogens is 1. The van der Waals surface area contributed by atoms with Gasteiger partial charge in [0, 0.05) is 6.54 Å². The number of hydrogen-bond donors (Lipinski definition) is 2. The summed E-state index contributed by atoms with van der Waals surface area (Å²) >= 11 is 0. The van der Waals surface area contributed by atoms with Gasteiger partial charge in [-0.15, -0.1) is 0 Å². The van der Waals surface area contributed by atoms with Gasteiger partial charge in [-0.2, -0.15) is 0 Å². The van der Waals surface area contributed by atoms with E-state index in [1.54, 1.807) is 6.07 Å². The van der Waals surface area contributed by atoms with Crippen molar-refractivity contribution in [1.29, 1.82) is 0 Å². The molecule has 1 aliphatic heterocycles. The first-order valence-electron chi connectivity index (χ1n) is 6.59. The third kappa shape index (κ3) is 1.80. The van der Waals surface area contributed by atoms with Crippen LogP contribution in [0.5, 0.6) is 0 Å². The number of guanidine groups is 1. The van der Waals surface area contributed by atoms with Crippen molar-refractivity contribution < 1.29 is 9.18 Å². The molecule has 1 amide bonds. The molecule has 4 nitrogen and oxygen atoms in total. The van der Waals surface area contributed by atoms with E-state index >= 15 is 0 Å². The van der Waals surface area contributed by atoms with E-state index in [0.717, 1.165) is 17.5 Å². The lowest BCUT2D eigenvalue weighted by molar-refractivity contribution is -0.124. The van der Waals surface area contributed by atoms with Gasteiger partial charge >= 0.3 is 0 Å². The topological polar surface area (TPSA) is 53.5 Å². The minimum Gasteiger partial charge on any atom is -0.338 e. The highest BCUT2D eigenvalue weighted by Crippen LogP contribution is 2.39. The standard InChI is InChI=1S/C14H16FN3O/c1-2-7-16-13-17-12(19)14(18-13)6-5-9-8-10(15)3-4-11(9)14/h3-4,8H,2,5-7H2,1H3,(H2,16,17,18,19). The van der Waals surface area contributed by atoms with Crippen LogP contribution in [0, 0.1) is 5.82 Å². The van der Waals surface area contributed by atoms with Crippen molar-refractivity contribution in [2.75, 3.05) is 6.54 Å². The Balaban J connectivity index is 1.97. The molecular formula is C14H16FN3O. The highest BCUT2D eigenvalue weighted by molar-refractivity contribution is 6.09. The molecule has 1 aromatic rings. The fourth-order valence-electron chi connectivity index (χ4n) is 2.82. The molecule has 0 saturated carbocycles. The summed E-state index contributed by atoms with van der Waals surface area (Å²) in [5.41, 5.74) is 1.02. The molecular weight excluding hydrogens is 245 g/mol. The maximum absolute atomic E-state index is 13.2. The summed E-state index contributed by atoms with van der Waals surface area (Å²) in [6, 6.07) is 4.62. The second-order valence-corrected chi connectivity index (χ2v) is 5.02. The summed E-state index contributed by atoms with van der Waals surface area (Å²) in [7, 11) is 0. The number of aliphatic imine (C=N–C) groups is 1. The van der Waals surface area contributed by atoms with Crippen LogP contribution in [0.1, 0.15) is 30.9 Å². The first kappa shape index (κ1) is 12.1. The van der Waals surface area contributed by atoms with Crippen LogP contribution in [0.4, 0.5) is 4.39 Å². The second kappa shape index (κ2) is 4.33. The minimum absolute atomic E-state index is 0.0901. The molecule has 1 atom stereocenters. The van der Waals surface area contributed by atoms with E-state index in [9.17, 15) is 9.18 Å². The number of fused-ring (bicyclic) bond motifs is 2. The van der Waals surface area contributed by atoms with Crippen LogP contribution in [0.25, 0.3) is 0 Å².